The molecule has 1 N–H and O–H groups in total. The smallest absolute Gasteiger partial charge is 0.221 e. The quantitative estimate of drug-likeness (QED) is 0.900. The van der Waals surface area contributed by atoms with E-state index in [0.29, 0.717) is 10.6 Å². The van der Waals surface area contributed by atoms with Gasteiger partial charge in [-0.1, -0.05) is 23.8 Å². The number of anilines is 1. The lowest BCUT2D eigenvalue weighted by atomic mass is 9.99. The van der Waals surface area contributed by atoms with Crippen LogP contribution in [-0.2, 0) is 4.79 Å². The lowest BCUT2D eigenvalue weighted by molar-refractivity contribution is -0.114. The van der Waals surface area contributed by atoms with Gasteiger partial charge in [-0.25, -0.2) is 0 Å². The molecular formula is C15H14N2OS. The molecule has 0 aliphatic rings. The van der Waals surface area contributed by atoms with E-state index in [2.05, 4.69) is 17.5 Å². The molecule has 0 saturated heterocycles. The molecule has 0 unspecified atom stereocenters. The van der Waals surface area contributed by atoms with Crippen molar-refractivity contribution in [2.75, 3.05) is 5.32 Å². The van der Waals surface area contributed by atoms with Crippen molar-refractivity contribution >= 4 is 22.9 Å². The molecule has 0 saturated carbocycles. The minimum Gasteiger partial charge on any atom is -0.324 e. The summed E-state index contributed by atoms with van der Waals surface area (Å²) in [5.74, 6) is -0.166. The van der Waals surface area contributed by atoms with Crippen LogP contribution in [0.2, 0.25) is 0 Å². The number of thiophene rings is 1. The fourth-order valence-electron chi connectivity index (χ4n) is 2.05. The number of nitrogens with zero attached hydrogens (tertiary/aromatic N) is 1. The van der Waals surface area contributed by atoms with Crippen LogP contribution in [-0.4, -0.2) is 5.91 Å². The summed E-state index contributed by atoms with van der Waals surface area (Å²) < 4.78 is 0. The Morgan fingerprint density at radius 2 is 2.05 bits per heavy atom. The molecule has 2 rings (SSSR count). The van der Waals surface area contributed by atoms with Crippen LogP contribution in [0.15, 0.2) is 23.6 Å². The zero-order chi connectivity index (χ0) is 14.0. The predicted octanol–water partition coefficient (Wildman–Crippen LogP) is 3.86. The number of carbonyl (C=O) groups excluding carboxylic acids is 1. The van der Waals surface area contributed by atoms with Gasteiger partial charge >= 0.3 is 0 Å². The molecule has 0 aliphatic carbocycles. The van der Waals surface area contributed by atoms with Crippen molar-refractivity contribution in [3.63, 3.8) is 0 Å². The van der Waals surface area contributed by atoms with Crippen molar-refractivity contribution in [1.29, 1.82) is 5.26 Å². The summed E-state index contributed by atoms with van der Waals surface area (Å²) in [5, 5.41) is 13.8. The van der Waals surface area contributed by atoms with E-state index < -0.39 is 0 Å². The van der Waals surface area contributed by atoms with Gasteiger partial charge in [0.1, 0.15) is 10.9 Å². The molecule has 0 radical (unpaired) electrons. The molecule has 1 aromatic heterocycles. The highest BCUT2D eigenvalue weighted by Gasteiger charge is 2.15. The number of aryl methyl sites for hydroxylation is 2. The average molecular weight is 270 g/mol. The molecule has 4 heteroatoms. The first-order chi connectivity index (χ1) is 9.02. The highest BCUT2D eigenvalue weighted by Crippen LogP contribution is 2.37. The molecule has 96 valence electrons. The number of rotatable bonds is 2. The number of hydrogen-bond donors (Lipinski definition) is 1. The van der Waals surface area contributed by atoms with Crippen molar-refractivity contribution in [2.45, 2.75) is 20.8 Å². The van der Waals surface area contributed by atoms with Gasteiger partial charge in [0.2, 0.25) is 5.91 Å². The third-order valence-corrected chi connectivity index (χ3v) is 3.75. The second-order valence-corrected chi connectivity index (χ2v) is 5.34. The molecule has 0 aliphatic heterocycles. The second-order valence-electron chi connectivity index (χ2n) is 4.46. The van der Waals surface area contributed by atoms with E-state index in [1.807, 2.05) is 31.4 Å². The van der Waals surface area contributed by atoms with Crippen LogP contribution in [0.4, 0.5) is 5.69 Å². The van der Waals surface area contributed by atoms with Crippen molar-refractivity contribution in [2.24, 2.45) is 0 Å². The molecule has 0 atom stereocenters. The maximum absolute atomic E-state index is 11.3. The van der Waals surface area contributed by atoms with E-state index in [1.54, 1.807) is 0 Å². The summed E-state index contributed by atoms with van der Waals surface area (Å²) in [5.41, 5.74) is 4.90. The normalized spacial score (nSPS) is 10.0. The molecule has 1 amide bonds. The molecular weight excluding hydrogens is 256 g/mol. The van der Waals surface area contributed by atoms with Gasteiger partial charge in [0.25, 0.3) is 0 Å². The first-order valence-corrected chi connectivity index (χ1v) is 6.77. The summed E-state index contributed by atoms with van der Waals surface area (Å²) in [6, 6.07) is 8.28. The third kappa shape index (κ3) is 2.67. The third-order valence-electron chi connectivity index (χ3n) is 2.87. The number of carbonyl (C=O) groups is 1. The van der Waals surface area contributed by atoms with E-state index in [0.717, 1.165) is 16.7 Å². The van der Waals surface area contributed by atoms with Crippen LogP contribution < -0.4 is 5.32 Å². The molecule has 2 aromatic rings. The first-order valence-electron chi connectivity index (χ1n) is 5.89. The zero-order valence-electron chi connectivity index (χ0n) is 11.1. The standard InChI is InChI=1S/C15H14N2OS/c1-9-4-5-12(10(2)6-9)13-8-19-14(7-16)15(13)17-11(3)18/h4-6,8H,1-3H3,(H,17,18). The van der Waals surface area contributed by atoms with Crippen molar-refractivity contribution in [3.8, 4) is 17.2 Å². The average Bonchev–Trinajstić information content (AvgIpc) is 2.71. The molecule has 0 bridgehead atoms. The maximum Gasteiger partial charge on any atom is 0.221 e. The van der Waals surface area contributed by atoms with E-state index in [4.69, 9.17) is 5.26 Å². The molecule has 19 heavy (non-hydrogen) atoms. The lowest BCUT2D eigenvalue weighted by Crippen LogP contribution is -2.07. The van der Waals surface area contributed by atoms with Gasteiger partial charge in [-0.3, -0.25) is 4.79 Å². The summed E-state index contributed by atoms with van der Waals surface area (Å²) >= 11 is 1.35. The molecule has 1 aromatic carbocycles. The summed E-state index contributed by atoms with van der Waals surface area (Å²) in [7, 11) is 0. The van der Waals surface area contributed by atoms with Gasteiger partial charge in [0, 0.05) is 17.9 Å². The van der Waals surface area contributed by atoms with Gasteiger partial charge in [0.15, 0.2) is 0 Å². The molecule has 0 spiro atoms. The van der Waals surface area contributed by atoms with Crippen molar-refractivity contribution in [3.05, 3.63) is 39.6 Å². The van der Waals surface area contributed by atoms with Crippen molar-refractivity contribution < 1.29 is 4.79 Å². The van der Waals surface area contributed by atoms with Crippen LogP contribution in [0, 0.1) is 25.2 Å². The van der Waals surface area contributed by atoms with Gasteiger partial charge < -0.3 is 5.32 Å². The van der Waals surface area contributed by atoms with E-state index in [1.165, 1.54) is 23.8 Å². The predicted molar refractivity (Wildman–Crippen MR) is 78.2 cm³/mol. The van der Waals surface area contributed by atoms with Crippen LogP contribution in [0.25, 0.3) is 11.1 Å². The minimum atomic E-state index is -0.166. The topological polar surface area (TPSA) is 52.9 Å². The Balaban J connectivity index is 2.59. The Labute approximate surface area is 116 Å². The Hall–Kier alpha value is -2.12. The second kappa shape index (κ2) is 5.25. The van der Waals surface area contributed by atoms with E-state index >= 15 is 0 Å². The highest BCUT2D eigenvalue weighted by molar-refractivity contribution is 7.11. The molecule has 3 nitrogen and oxygen atoms in total. The van der Waals surface area contributed by atoms with Crippen LogP contribution in [0.3, 0.4) is 0 Å². The van der Waals surface area contributed by atoms with Gasteiger partial charge in [-0.05, 0) is 25.0 Å². The molecule has 1 heterocycles. The lowest BCUT2D eigenvalue weighted by Gasteiger charge is -2.09. The van der Waals surface area contributed by atoms with Crippen LogP contribution in [0.1, 0.15) is 22.9 Å². The SMILES string of the molecule is CC(=O)Nc1c(-c2ccc(C)cc2C)csc1C#N. The number of nitriles is 1. The summed E-state index contributed by atoms with van der Waals surface area (Å²) in [6.07, 6.45) is 0. The van der Waals surface area contributed by atoms with E-state index in [9.17, 15) is 4.79 Å². The molecule has 0 fully saturated rings. The minimum absolute atomic E-state index is 0.166. The Morgan fingerprint density at radius 3 is 2.63 bits per heavy atom. The number of benzene rings is 1. The van der Waals surface area contributed by atoms with Crippen LogP contribution >= 0.6 is 11.3 Å². The number of nitrogens with one attached hydrogen (secondary N) is 1. The van der Waals surface area contributed by atoms with Gasteiger partial charge in [-0.15, -0.1) is 11.3 Å². The largest absolute Gasteiger partial charge is 0.324 e. The number of hydrogen-bond acceptors (Lipinski definition) is 3. The maximum atomic E-state index is 11.3. The fraction of sp³-hybridized carbons (Fsp3) is 0.200. The summed E-state index contributed by atoms with van der Waals surface area (Å²) in [6.45, 7) is 5.52. The van der Waals surface area contributed by atoms with Crippen LogP contribution in [0.5, 0.6) is 0 Å². The van der Waals surface area contributed by atoms with E-state index in [-0.39, 0.29) is 5.91 Å². The summed E-state index contributed by atoms with van der Waals surface area (Å²) in [4.78, 5) is 11.8. The number of amides is 1. The monoisotopic (exact) mass is 270 g/mol. The Kier molecular flexibility index (Phi) is 3.68. The van der Waals surface area contributed by atoms with Gasteiger partial charge in [-0.2, -0.15) is 5.26 Å². The van der Waals surface area contributed by atoms with Gasteiger partial charge in [0.05, 0.1) is 5.69 Å². The Morgan fingerprint density at radius 1 is 1.32 bits per heavy atom. The highest BCUT2D eigenvalue weighted by atomic mass is 32.1. The van der Waals surface area contributed by atoms with Crippen molar-refractivity contribution in [1.82, 2.24) is 0 Å². The fourth-order valence-corrected chi connectivity index (χ4v) is 2.87. The first kappa shape index (κ1) is 13.3. The Bertz CT molecular complexity index is 680. The zero-order valence-corrected chi connectivity index (χ0v) is 11.9.